The SMILES string of the molecule is CC(Sc1ccccc1Cl)C(N)=NO. The molecule has 0 aromatic heterocycles. The first-order valence-electron chi connectivity index (χ1n) is 4.03. The quantitative estimate of drug-likeness (QED) is 0.276. The van der Waals surface area contributed by atoms with Crippen LogP contribution in [-0.4, -0.2) is 16.3 Å². The van der Waals surface area contributed by atoms with Crippen LogP contribution in [0.2, 0.25) is 5.02 Å². The molecule has 0 aliphatic heterocycles. The van der Waals surface area contributed by atoms with Gasteiger partial charge in [-0.15, -0.1) is 11.8 Å². The van der Waals surface area contributed by atoms with E-state index in [1.807, 2.05) is 31.2 Å². The number of halogens is 1. The van der Waals surface area contributed by atoms with Crippen molar-refractivity contribution in [3.63, 3.8) is 0 Å². The molecule has 1 aromatic rings. The van der Waals surface area contributed by atoms with Crippen molar-refractivity contribution in [3.8, 4) is 0 Å². The van der Waals surface area contributed by atoms with Crippen molar-refractivity contribution >= 4 is 29.2 Å². The van der Waals surface area contributed by atoms with E-state index in [-0.39, 0.29) is 11.1 Å². The summed E-state index contributed by atoms with van der Waals surface area (Å²) >= 11 is 7.41. The van der Waals surface area contributed by atoms with E-state index in [2.05, 4.69) is 5.16 Å². The lowest BCUT2D eigenvalue weighted by Gasteiger charge is -2.09. The van der Waals surface area contributed by atoms with Crippen molar-refractivity contribution in [2.75, 3.05) is 0 Å². The van der Waals surface area contributed by atoms with Crippen molar-refractivity contribution < 1.29 is 5.21 Å². The van der Waals surface area contributed by atoms with E-state index in [0.29, 0.717) is 5.02 Å². The highest BCUT2D eigenvalue weighted by Crippen LogP contribution is 2.29. The third kappa shape index (κ3) is 2.82. The minimum atomic E-state index is -0.0973. The largest absolute Gasteiger partial charge is 0.409 e. The van der Waals surface area contributed by atoms with E-state index in [1.54, 1.807) is 0 Å². The Morgan fingerprint density at radius 1 is 1.57 bits per heavy atom. The topological polar surface area (TPSA) is 58.6 Å². The van der Waals surface area contributed by atoms with Gasteiger partial charge in [0, 0.05) is 4.90 Å². The summed E-state index contributed by atoms with van der Waals surface area (Å²) in [5.74, 6) is 0.190. The molecule has 0 amide bonds. The molecule has 5 heteroatoms. The molecule has 1 aromatic carbocycles. The van der Waals surface area contributed by atoms with Crippen LogP contribution in [0.5, 0.6) is 0 Å². The Morgan fingerprint density at radius 3 is 2.79 bits per heavy atom. The standard InChI is InChI=1S/C9H11ClN2OS/c1-6(9(11)12-13)14-8-5-3-2-4-7(8)10/h2-6,13H,1H3,(H2,11,12). The summed E-state index contributed by atoms with van der Waals surface area (Å²) in [5, 5.41) is 12.0. The fraction of sp³-hybridized carbons (Fsp3) is 0.222. The number of oxime groups is 1. The Kier molecular flexibility index (Phi) is 4.10. The van der Waals surface area contributed by atoms with Gasteiger partial charge in [0.1, 0.15) is 0 Å². The maximum atomic E-state index is 8.47. The first kappa shape index (κ1) is 11.2. The fourth-order valence-electron chi connectivity index (χ4n) is 0.872. The van der Waals surface area contributed by atoms with Gasteiger partial charge < -0.3 is 10.9 Å². The van der Waals surface area contributed by atoms with Gasteiger partial charge >= 0.3 is 0 Å². The summed E-state index contributed by atoms with van der Waals surface area (Å²) in [6, 6.07) is 7.46. The Labute approximate surface area is 91.9 Å². The minimum Gasteiger partial charge on any atom is -0.409 e. The van der Waals surface area contributed by atoms with Gasteiger partial charge in [0.05, 0.1) is 10.3 Å². The lowest BCUT2D eigenvalue weighted by atomic mass is 10.4. The second kappa shape index (κ2) is 5.12. The predicted octanol–water partition coefficient (Wildman–Crippen LogP) is 2.57. The molecule has 3 N–H and O–H groups in total. The summed E-state index contributed by atoms with van der Waals surface area (Å²) in [4.78, 5) is 0.924. The Balaban J connectivity index is 2.74. The van der Waals surface area contributed by atoms with E-state index >= 15 is 0 Å². The second-order valence-electron chi connectivity index (χ2n) is 2.72. The van der Waals surface area contributed by atoms with Crippen LogP contribution in [0.25, 0.3) is 0 Å². The molecule has 0 fully saturated rings. The molecule has 0 saturated carbocycles. The highest BCUT2D eigenvalue weighted by Gasteiger charge is 2.10. The van der Waals surface area contributed by atoms with E-state index in [4.69, 9.17) is 22.5 Å². The molecule has 0 aliphatic carbocycles. The number of thioether (sulfide) groups is 1. The lowest BCUT2D eigenvalue weighted by Crippen LogP contribution is -2.23. The fourth-order valence-corrected chi connectivity index (χ4v) is 2.03. The monoisotopic (exact) mass is 230 g/mol. The van der Waals surface area contributed by atoms with Crippen molar-refractivity contribution in [1.82, 2.24) is 0 Å². The van der Waals surface area contributed by atoms with Crippen LogP contribution in [0.1, 0.15) is 6.92 Å². The molecular weight excluding hydrogens is 220 g/mol. The van der Waals surface area contributed by atoms with Crippen molar-refractivity contribution in [2.45, 2.75) is 17.1 Å². The second-order valence-corrected chi connectivity index (χ2v) is 4.51. The molecule has 0 spiro atoms. The molecule has 0 radical (unpaired) electrons. The Hall–Kier alpha value is -0.870. The van der Waals surface area contributed by atoms with Gasteiger partial charge in [-0.1, -0.05) is 28.9 Å². The van der Waals surface area contributed by atoms with Crippen LogP contribution in [0.3, 0.4) is 0 Å². The highest BCUT2D eigenvalue weighted by molar-refractivity contribution is 8.00. The summed E-state index contributed by atoms with van der Waals surface area (Å²) in [5.41, 5.74) is 5.45. The average Bonchev–Trinajstić information content (AvgIpc) is 2.20. The molecule has 14 heavy (non-hydrogen) atoms. The summed E-state index contributed by atoms with van der Waals surface area (Å²) in [7, 11) is 0. The van der Waals surface area contributed by atoms with Gasteiger partial charge in [-0.3, -0.25) is 0 Å². The third-order valence-electron chi connectivity index (χ3n) is 1.67. The van der Waals surface area contributed by atoms with Crippen LogP contribution in [-0.2, 0) is 0 Å². The van der Waals surface area contributed by atoms with Gasteiger partial charge in [-0.2, -0.15) is 0 Å². The zero-order valence-electron chi connectivity index (χ0n) is 7.64. The van der Waals surface area contributed by atoms with E-state index in [1.165, 1.54) is 11.8 Å². The smallest absolute Gasteiger partial charge is 0.152 e. The number of benzene rings is 1. The van der Waals surface area contributed by atoms with Crippen molar-refractivity contribution in [1.29, 1.82) is 0 Å². The van der Waals surface area contributed by atoms with E-state index in [9.17, 15) is 0 Å². The van der Waals surface area contributed by atoms with Crippen molar-refractivity contribution in [3.05, 3.63) is 29.3 Å². The van der Waals surface area contributed by atoms with Crippen LogP contribution < -0.4 is 5.73 Å². The molecule has 0 aliphatic rings. The number of amidine groups is 1. The Morgan fingerprint density at radius 2 is 2.21 bits per heavy atom. The number of nitrogens with two attached hydrogens (primary N) is 1. The summed E-state index contributed by atoms with van der Waals surface area (Å²) < 4.78 is 0. The maximum absolute atomic E-state index is 8.47. The maximum Gasteiger partial charge on any atom is 0.152 e. The van der Waals surface area contributed by atoms with Gasteiger partial charge in [0.15, 0.2) is 5.84 Å². The zero-order valence-corrected chi connectivity index (χ0v) is 9.22. The van der Waals surface area contributed by atoms with Gasteiger partial charge in [-0.25, -0.2) is 0 Å². The van der Waals surface area contributed by atoms with Gasteiger partial charge in [-0.05, 0) is 19.1 Å². The van der Waals surface area contributed by atoms with Crippen LogP contribution in [0, 0.1) is 0 Å². The number of rotatable bonds is 3. The Bertz CT molecular complexity index is 343. The number of hydrogen-bond donors (Lipinski definition) is 2. The highest BCUT2D eigenvalue weighted by atomic mass is 35.5. The van der Waals surface area contributed by atoms with Crippen LogP contribution in [0.15, 0.2) is 34.3 Å². The first-order chi connectivity index (χ1) is 6.65. The number of hydrogen-bond acceptors (Lipinski definition) is 3. The zero-order chi connectivity index (χ0) is 10.6. The average molecular weight is 231 g/mol. The van der Waals surface area contributed by atoms with E-state index < -0.39 is 0 Å². The molecule has 1 unspecified atom stereocenters. The van der Waals surface area contributed by atoms with Gasteiger partial charge in [0.25, 0.3) is 0 Å². The normalized spacial score (nSPS) is 14.0. The number of nitrogens with zero attached hydrogens (tertiary/aromatic N) is 1. The molecule has 76 valence electrons. The molecule has 0 saturated heterocycles. The molecule has 3 nitrogen and oxygen atoms in total. The predicted molar refractivity (Wildman–Crippen MR) is 60.2 cm³/mol. The van der Waals surface area contributed by atoms with Crippen LogP contribution >= 0.6 is 23.4 Å². The van der Waals surface area contributed by atoms with Gasteiger partial charge in [0.2, 0.25) is 0 Å². The molecular formula is C9H11ClN2OS. The third-order valence-corrected chi connectivity index (χ3v) is 3.32. The summed E-state index contributed by atoms with van der Waals surface area (Å²) in [6.45, 7) is 1.85. The minimum absolute atomic E-state index is 0.0973. The molecule has 1 rings (SSSR count). The molecule has 0 heterocycles. The van der Waals surface area contributed by atoms with E-state index in [0.717, 1.165) is 4.90 Å². The van der Waals surface area contributed by atoms with Crippen LogP contribution in [0.4, 0.5) is 0 Å². The molecule has 1 atom stereocenters. The lowest BCUT2D eigenvalue weighted by molar-refractivity contribution is 0.317. The first-order valence-corrected chi connectivity index (χ1v) is 5.29. The molecule has 0 bridgehead atoms. The summed E-state index contributed by atoms with van der Waals surface area (Å²) in [6.07, 6.45) is 0. The van der Waals surface area contributed by atoms with Crippen molar-refractivity contribution in [2.24, 2.45) is 10.9 Å².